The van der Waals surface area contributed by atoms with Crippen LogP contribution in [0.15, 0.2) is 79.7 Å². The van der Waals surface area contributed by atoms with E-state index < -0.39 is 15.9 Å². The average Bonchev–Trinajstić information content (AvgIpc) is 2.76. The molecule has 2 aliphatic carbocycles. The van der Waals surface area contributed by atoms with E-state index in [-0.39, 0.29) is 36.1 Å². The number of nitrogens with zero attached hydrogens (tertiary/aromatic N) is 6. The maximum absolute atomic E-state index is 11.0. The summed E-state index contributed by atoms with van der Waals surface area (Å²) in [6, 6.07) is 0. The molecule has 0 atom stereocenters. The molecule has 0 saturated carbocycles. The molecule has 164 valence electrons. The average molecular weight is 470 g/mol. The van der Waals surface area contributed by atoms with Gasteiger partial charge in [-0.1, -0.05) is 12.2 Å². The first-order valence-electron chi connectivity index (χ1n) is 8.74. The van der Waals surface area contributed by atoms with Gasteiger partial charge in [-0.2, -0.15) is 13.5 Å². The van der Waals surface area contributed by atoms with Crippen molar-refractivity contribution in [3.05, 3.63) is 64.5 Å². The largest absolute Gasteiger partial charge is 1.00 e. The monoisotopic (exact) mass is 470 g/mol. The summed E-state index contributed by atoms with van der Waals surface area (Å²) in [5, 5.41) is 22.7. The van der Waals surface area contributed by atoms with Crippen LogP contribution in [0.1, 0.15) is 0 Å². The molecule has 0 aliphatic heterocycles. The van der Waals surface area contributed by atoms with Gasteiger partial charge in [0.2, 0.25) is 0 Å². The van der Waals surface area contributed by atoms with Gasteiger partial charge in [-0.05, 0) is 35.5 Å². The molecular formula is C18H21N7NaO5S+. The topological polar surface area (TPSA) is 163 Å². The van der Waals surface area contributed by atoms with Crippen LogP contribution in [0, 0.1) is 6.19 Å². The third-order valence-electron chi connectivity index (χ3n) is 3.94. The summed E-state index contributed by atoms with van der Waals surface area (Å²) in [6.07, 6.45) is 12.3. The predicted molar refractivity (Wildman–Crippen MR) is 112 cm³/mol. The number of methoxy groups -OCH3 is 2. The smallest absolute Gasteiger partial charge is 0.553 e. The zero-order valence-electron chi connectivity index (χ0n) is 18.1. The Hall–Kier alpha value is -2.60. The van der Waals surface area contributed by atoms with Crippen LogP contribution in [0.4, 0.5) is 0 Å². The third-order valence-corrected chi connectivity index (χ3v) is 4.64. The van der Waals surface area contributed by atoms with E-state index in [1.54, 1.807) is 42.6 Å². The van der Waals surface area contributed by atoms with Crippen molar-refractivity contribution in [2.45, 2.75) is 0 Å². The quantitative estimate of drug-likeness (QED) is 0.131. The Balaban J connectivity index is 0.00000512. The van der Waals surface area contributed by atoms with E-state index >= 15 is 0 Å². The van der Waals surface area contributed by atoms with Gasteiger partial charge in [-0.25, -0.2) is 5.26 Å². The van der Waals surface area contributed by atoms with E-state index in [9.17, 15) is 8.42 Å². The van der Waals surface area contributed by atoms with Crippen LogP contribution in [0.3, 0.4) is 0 Å². The van der Waals surface area contributed by atoms with Crippen LogP contribution in [-0.2, 0) is 19.6 Å². The Labute approximate surface area is 208 Å². The molecule has 14 heteroatoms. The van der Waals surface area contributed by atoms with Gasteiger partial charge in [0.1, 0.15) is 22.9 Å². The Morgan fingerprint density at radius 1 is 1.09 bits per heavy atom. The van der Waals surface area contributed by atoms with Crippen LogP contribution in [-0.4, -0.2) is 63.1 Å². The van der Waals surface area contributed by atoms with Crippen LogP contribution in [0.5, 0.6) is 0 Å². The molecule has 0 spiro atoms. The maximum atomic E-state index is 11.0. The summed E-state index contributed by atoms with van der Waals surface area (Å²) >= 11 is 0. The second-order valence-electron chi connectivity index (χ2n) is 5.86. The molecule has 0 aromatic heterocycles. The SMILES string of the molecule is C[N-]N(CCS(=O)(=O)O)N=C1C=CC(=C2C=CC(=NN=NC#[NH+])C(OC)=C2)C=C1OC.[Na+]. The normalized spacial score (nSPS) is 20.6. The number of hydrogen-bond acceptors (Lipinski definition) is 8. The van der Waals surface area contributed by atoms with Gasteiger partial charge in [0.05, 0.1) is 25.2 Å². The number of rotatable bonds is 8. The molecule has 0 bridgehead atoms. The van der Waals surface area contributed by atoms with Gasteiger partial charge in [0.15, 0.2) is 5.11 Å². The summed E-state index contributed by atoms with van der Waals surface area (Å²) in [5.41, 5.74) is 6.34. The molecule has 0 heterocycles. The zero-order valence-corrected chi connectivity index (χ0v) is 20.9. The molecular weight excluding hydrogens is 449 g/mol. The first-order chi connectivity index (χ1) is 14.8. The summed E-state index contributed by atoms with van der Waals surface area (Å²) in [6.45, 7) is -0.116. The van der Waals surface area contributed by atoms with Crippen LogP contribution in [0.2, 0.25) is 0 Å². The molecule has 12 nitrogen and oxygen atoms in total. The van der Waals surface area contributed by atoms with Gasteiger partial charge in [-0.15, -0.1) is 12.1 Å². The van der Waals surface area contributed by atoms with Gasteiger partial charge >= 0.3 is 35.8 Å². The number of ether oxygens (including phenoxy) is 2. The fraction of sp³-hybridized carbons (Fsp3) is 0.278. The molecule has 2 N–H and O–H groups in total. The molecule has 0 saturated heterocycles. The van der Waals surface area contributed by atoms with E-state index in [4.69, 9.17) is 19.3 Å². The van der Waals surface area contributed by atoms with Gasteiger partial charge in [-0.3, -0.25) is 4.55 Å². The first kappa shape index (κ1) is 27.4. The van der Waals surface area contributed by atoms with Crippen molar-refractivity contribution in [2.24, 2.45) is 20.5 Å². The molecule has 0 amide bonds. The van der Waals surface area contributed by atoms with E-state index in [1.807, 2.05) is 0 Å². The number of hydrazone groups is 1. The van der Waals surface area contributed by atoms with E-state index in [0.717, 1.165) is 16.3 Å². The molecule has 2 rings (SSSR count). The van der Waals surface area contributed by atoms with Gasteiger partial charge in [0, 0.05) is 6.54 Å². The minimum atomic E-state index is -4.14. The van der Waals surface area contributed by atoms with Crippen molar-refractivity contribution in [3.63, 3.8) is 0 Å². The predicted octanol–water partition coefficient (Wildman–Crippen LogP) is -2.51. The van der Waals surface area contributed by atoms with E-state index in [0.29, 0.717) is 22.9 Å². The van der Waals surface area contributed by atoms with E-state index in [2.05, 4.69) is 26.0 Å². The molecule has 0 unspecified atom stereocenters. The minimum absolute atomic E-state index is 0. The summed E-state index contributed by atoms with van der Waals surface area (Å²) in [7, 11) is 0.296. The Bertz CT molecular complexity index is 1100. The summed E-state index contributed by atoms with van der Waals surface area (Å²) in [4.78, 5) is 0. The molecule has 0 fully saturated rings. The second kappa shape index (κ2) is 13.1. The first-order valence-corrected chi connectivity index (χ1v) is 10.3. The zero-order chi connectivity index (χ0) is 22.9. The second-order valence-corrected chi connectivity index (χ2v) is 7.43. The number of hydrogen-bond donors (Lipinski definition) is 2. The van der Waals surface area contributed by atoms with Crippen molar-refractivity contribution < 1.29 is 57.3 Å². The Morgan fingerprint density at radius 3 is 2.16 bits per heavy atom. The van der Waals surface area contributed by atoms with Crippen molar-refractivity contribution in [3.8, 4) is 6.19 Å². The fourth-order valence-electron chi connectivity index (χ4n) is 2.49. The standard InChI is InChI=1S/C18H20N7O5S.Na/c1-20-25(8-9-31(26,27)28)23-16-7-5-14(11-18(16)30-3)13-4-6-15(17(10-13)29-2)22-24-21-12-19;/h4-7,10-11H,8-9H2,1-3H3,(H,26,27,28);/q-1;+1/p+1. The number of allylic oxidation sites excluding steroid dienone is 8. The van der Waals surface area contributed by atoms with Crippen LogP contribution < -0.4 is 34.8 Å². The van der Waals surface area contributed by atoms with E-state index in [1.165, 1.54) is 21.3 Å². The molecule has 0 aromatic rings. The third kappa shape index (κ3) is 8.15. The minimum Gasteiger partial charge on any atom is -0.553 e. The van der Waals surface area contributed by atoms with Crippen LogP contribution >= 0.6 is 0 Å². The Morgan fingerprint density at radius 2 is 1.66 bits per heavy atom. The van der Waals surface area contributed by atoms with Crippen LogP contribution in [0.25, 0.3) is 5.43 Å². The molecule has 32 heavy (non-hydrogen) atoms. The van der Waals surface area contributed by atoms with Gasteiger partial charge in [0.25, 0.3) is 10.1 Å². The molecule has 0 radical (unpaired) electrons. The molecule has 0 aromatic carbocycles. The van der Waals surface area contributed by atoms with Crippen molar-refractivity contribution in [1.29, 1.82) is 0 Å². The van der Waals surface area contributed by atoms with Crippen molar-refractivity contribution >= 4 is 21.5 Å². The van der Waals surface area contributed by atoms with Crippen molar-refractivity contribution in [1.82, 2.24) is 5.12 Å². The summed E-state index contributed by atoms with van der Waals surface area (Å²) in [5.74, 6) is 0.374. The van der Waals surface area contributed by atoms with Gasteiger partial charge < -0.3 is 20.0 Å². The number of nitrogens with one attached hydrogen (secondary N) is 1. The Kier molecular flexibility index (Phi) is 11.2. The molecule has 2 aliphatic rings. The fourth-order valence-corrected chi connectivity index (χ4v) is 2.88. The van der Waals surface area contributed by atoms with Crippen molar-refractivity contribution in [2.75, 3.05) is 33.6 Å². The summed E-state index contributed by atoms with van der Waals surface area (Å²) < 4.78 is 41.6. The maximum Gasteiger partial charge on any atom is 1.00 e.